The van der Waals surface area contributed by atoms with Gasteiger partial charge in [0.05, 0.1) is 23.5 Å². The number of hydrazine groups is 1. The number of carbonyl (C=O) groups excluding carboxylic acids is 2. The first-order chi connectivity index (χ1) is 18.2. The molecular formula is C24H22ClF2N7O4. The summed E-state index contributed by atoms with van der Waals surface area (Å²) in [4.78, 5) is 33.0. The Labute approximate surface area is 220 Å². The SMILES string of the molecule is CCc1cc(C(=O)NN(CC)C(=O)NCc2ncc(-c3cc(Cl)cc(F)c3-c3noc(C)n3)cc2F)on1. The van der Waals surface area contributed by atoms with E-state index in [9.17, 15) is 18.4 Å². The molecule has 0 fully saturated rings. The number of benzene rings is 1. The van der Waals surface area contributed by atoms with Gasteiger partial charge in [-0.1, -0.05) is 28.8 Å². The van der Waals surface area contributed by atoms with Crippen LogP contribution in [-0.4, -0.2) is 43.8 Å². The molecule has 0 radical (unpaired) electrons. The van der Waals surface area contributed by atoms with E-state index in [-0.39, 0.29) is 58.0 Å². The Morgan fingerprint density at radius 2 is 1.87 bits per heavy atom. The van der Waals surface area contributed by atoms with Crippen LogP contribution < -0.4 is 10.7 Å². The molecule has 3 aromatic heterocycles. The molecule has 4 rings (SSSR count). The summed E-state index contributed by atoms with van der Waals surface area (Å²) in [5, 5.41) is 11.1. The van der Waals surface area contributed by atoms with Crippen molar-refractivity contribution in [3.05, 3.63) is 70.2 Å². The van der Waals surface area contributed by atoms with Crippen molar-refractivity contribution in [1.29, 1.82) is 0 Å². The van der Waals surface area contributed by atoms with E-state index in [1.807, 2.05) is 6.92 Å². The summed E-state index contributed by atoms with van der Waals surface area (Å²) in [6, 6.07) is 4.42. The average molecular weight is 546 g/mol. The summed E-state index contributed by atoms with van der Waals surface area (Å²) in [6.07, 6.45) is 1.89. The fourth-order valence-corrected chi connectivity index (χ4v) is 3.67. The van der Waals surface area contributed by atoms with Crippen LogP contribution in [0.2, 0.25) is 5.02 Å². The van der Waals surface area contributed by atoms with Crippen molar-refractivity contribution < 1.29 is 27.4 Å². The quantitative estimate of drug-likeness (QED) is 0.324. The number of rotatable bonds is 7. The Bertz CT molecular complexity index is 1490. The van der Waals surface area contributed by atoms with Gasteiger partial charge in [-0.05, 0) is 37.1 Å². The number of urea groups is 1. The fourth-order valence-electron chi connectivity index (χ4n) is 3.46. The van der Waals surface area contributed by atoms with Gasteiger partial charge in [0.15, 0.2) is 0 Å². The van der Waals surface area contributed by atoms with Crippen molar-refractivity contribution in [2.75, 3.05) is 6.54 Å². The molecule has 0 aliphatic rings. The number of pyridine rings is 1. The minimum atomic E-state index is -0.765. The second-order valence-corrected chi connectivity index (χ2v) is 8.42. The molecule has 38 heavy (non-hydrogen) atoms. The van der Waals surface area contributed by atoms with Gasteiger partial charge in [0.1, 0.15) is 11.6 Å². The molecule has 0 aliphatic heterocycles. The van der Waals surface area contributed by atoms with Crippen LogP contribution in [-0.2, 0) is 13.0 Å². The number of amides is 3. The molecule has 3 amide bonds. The monoisotopic (exact) mass is 545 g/mol. The normalized spacial score (nSPS) is 10.9. The summed E-state index contributed by atoms with van der Waals surface area (Å²) in [5.74, 6) is -2.00. The first-order valence-electron chi connectivity index (χ1n) is 11.5. The van der Waals surface area contributed by atoms with Crippen molar-refractivity contribution in [2.45, 2.75) is 33.7 Å². The maximum atomic E-state index is 15.0. The Balaban J connectivity index is 1.48. The van der Waals surface area contributed by atoms with Gasteiger partial charge in [-0.25, -0.2) is 18.6 Å². The largest absolute Gasteiger partial charge is 0.351 e. The second-order valence-electron chi connectivity index (χ2n) is 7.98. The molecule has 2 N–H and O–H groups in total. The predicted molar refractivity (Wildman–Crippen MR) is 131 cm³/mol. The van der Waals surface area contributed by atoms with E-state index in [0.717, 1.165) is 17.1 Å². The lowest BCUT2D eigenvalue weighted by atomic mass is 9.99. The summed E-state index contributed by atoms with van der Waals surface area (Å²) in [7, 11) is 0. The van der Waals surface area contributed by atoms with Gasteiger partial charge in [-0.2, -0.15) is 4.98 Å². The van der Waals surface area contributed by atoms with Crippen molar-refractivity contribution in [3.63, 3.8) is 0 Å². The zero-order valence-electron chi connectivity index (χ0n) is 20.5. The highest BCUT2D eigenvalue weighted by Crippen LogP contribution is 2.35. The number of aromatic nitrogens is 4. The molecule has 0 unspecified atom stereocenters. The molecule has 3 heterocycles. The van der Waals surface area contributed by atoms with Gasteiger partial charge in [-0.15, -0.1) is 0 Å². The van der Waals surface area contributed by atoms with Crippen LogP contribution >= 0.6 is 11.6 Å². The Morgan fingerprint density at radius 1 is 1.08 bits per heavy atom. The minimum Gasteiger partial charge on any atom is -0.351 e. The van der Waals surface area contributed by atoms with E-state index in [2.05, 4.69) is 31.0 Å². The molecule has 0 saturated heterocycles. The van der Waals surface area contributed by atoms with E-state index < -0.39 is 23.6 Å². The first kappa shape index (κ1) is 26.7. The van der Waals surface area contributed by atoms with E-state index in [4.69, 9.17) is 20.6 Å². The van der Waals surface area contributed by atoms with Crippen molar-refractivity contribution in [2.24, 2.45) is 0 Å². The third kappa shape index (κ3) is 5.78. The average Bonchev–Trinajstić information content (AvgIpc) is 3.55. The van der Waals surface area contributed by atoms with Crippen molar-refractivity contribution >= 4 is 23.5 Å². The first-order valence-corrected chi connectivity index (χ1v) is 11.8. The summed E-state index contributed by atoms with van der Waals surface area (Å²) in [5.41, 5.74) is 3.29. The molecule has 0 aliphatic carbocycles. The number of aryl methyl sites for hydroxylation is 2. The molecule has 198 valence electrons. The van der Waals surface area contributed by atoms with Gasteiger partial charge in [0, 0.05) is 36.3 Å². The number of hydrogen-bond acceptors (Lipinski definition) is 8. The van der Waals surface area contributed by atoms with E-state index in [0.29, 0.717) is 12.1 Å². The molecule has 0 spiro atoms. The Kier molecular flexibility index (Phi) is 7.96. The summed E-state index contributed by atoms with van der Waals surface area (Å²) in [6.45, 7) is 4.86. The maximum absolute atomic E-state index is 15.0. The van der Waals surface area contributed by atoms with E-state index in [1.54, 1.807) is 13.8 Å². The fraction of sp³-hybridized carbons (Fsp3) is 0.250. The van der Waals surface area contributed by atoms with Crippen LogP contribution in [0.25, 0.3) is 22.5 Å². The number of halogens is 3. The lowest BCUT2D eigenvalue weighted by Crippen LogP contribution is -2.50. The second kappa shape index (κ2) is 11.3. The Hall–Kier alpha value is -4.39. The Morgan fingerprint density at radius 3 is 2.50 bits per heavy atom. The molecule has 0 atom stereocenters. The van der Waals surface area contributed by atoms with Gasteiger partial charge >= 0.3 is 11.9 Å². The van der Waals surface area contributed by atoms with Crippen LogP contribution in [0.3, 0.4) is 0 Å². The zero-order valence-corrected chi connectivity index (χ0v) is 21.3. The lowest BCUT2D eigenvalue weighted by Gasteiger charge is -2.21. The minimum absolute atomic E-state index is 0.0265. The van der Waals surface area contributed by atoms with Gasteiger partial charge in [0.2, 0.25) is 17.5 Å². The predicted octanol–water partition coefficient (Wildman–Crippen LogP) is 4.47. The molecule has 14 heteroatoms. The van der Waals surface area contributed by atoms with Crippen LogP contribution in [0.15, 0.2) is 39.5 Å². The lowest BCUT2D eigenvalue weighted by molar-refractivity contribution is 0.0794. The van der Waals surface area contributed by atoms with Crippen LogP contribution in [0, 0.1) is 18.6 Å². The number of nitrogens with one attached hydrogen (secondary N) is 2. The molecule has 0 saturated carbocycles. The maximum Gasteiger partial charge on any atom is 0.336 e. The highest BCUT2D eigenvalue weighted by atomic mass is 35.5. The summed E-state index contributed by atoms with van der Waals surface area (Å²) >= 11 is 6.04. The number of hydrogen-bond donors (Lipinski definition) is 2. The van der Waals surface area contributed by atoms with E-state index >= 15 is 0 Å². The number of carbonyl (C=O) groups is 2. The third-order valence-electron chi connectivity index (χ3n) is 5.38. The van der Waals surface area contributed by atoms with Crippen LogP contribution in [0.5, 0.6) is 0 Å². The zero-order chi connectivity index (χ0) is 27.4. The highest BCUT2D eigenvalue weighted by molar-refractivity contribution is 6.31. The smallest absolute Gasteiger partial charge is 0.336 e. The van der Waals surface area contributed by atoms with Crippen LogP contribution in [0.1, 0.15) is 41.7 Å². The van der Waals surface area contributed by atoms with Gasteiger partial charge < -0.3 is 14.4 Å². The molecule has 11 nitrogen and oxygen atoms in total. The van der Waals surface area contributed by atoms with Gasteiger partial charge in [-0.3, -0.25) is 15.2 Å². The van der Waals surface area contributed by atoms with Gasteiger partial charge in [0.25, 0.3) is 0 Å². The van der Waals surface area contributed by atoms with Crippen molar-refractivity contribution in [3.8, 4) is 22.5 Å². The number of nitrogens with zero attached hydrogens (tertiary/aromatic N) is 5. The molecule has 0 bridgehead atoms. The molecular weight excluding hydrogens is 524 g/mol. The van der Waals surface area contributed by atoms with Crippen molar-refractivity contribution in [1.82, 2.24) is 36.0 Å². The summed E-state index contributed by atoms with van der Waals surface area (Å²) < 4.78 is 39.7. The highest BCUT2D eigenvalue weighted by Gasteiger charge is 2.22. The molecule has 4 aromatic rings. The third-order valence-corrected chi connectivity index (χ3v) is 5.60. The topological polar surface area (TPSA) is 139 Å². The standard InChI is InChI=1S/C24H22ClF2N7O4/c1-4-15-9-20(38-32-15)23(35)31-34(5-2)24(36)29-11-19-17(26)6-13(10-28-19)16-7-14(25)8-18(27)21(16)22-30-12(3)37-33-22/h6-10H,4-5,11H2,1-3H3,(H,29,36)(H,31,35). The van der Waals surface area contributed by atoms with E-state index in [1.165, 1.54) is 18.3 Å². The molecule has 1 aromatic carbocycles. The van der Waals surface area contributed by atoms with Crippen LogP contribution in [0.4, 0.5) is 13.6 Å².